The molecule has 1 fully saturated rings. The Morgan fingerprint density at radius 1 is 0.895 bits per heavy atom. The summed E-state index contributed by atoms with van der Waals surface area (Å²) in [6, 6.07) is 15.0. The molecular weight excluding hydrogens is 500 g/mol. The molecule has 3 aromatic carbocycles. The van der Waals surface area contributed by atoms with Crippen molar-refractivity contribution in [1.82, 2.24) is 14.3 Å². The van der Waals surface area contributed by atoms with Crippen LogP contribution in [0.15, 0.2) is 73.1 Å². The summed E-state index contributed by atoms with van der Waals surface area (Å²) in [5.74, 6) is -0.408. The monoisotopic (exact) mass is 524 g/mol. The summed E-state index contributed by atoms with van der Waals surface area (Å²) < 4.78 is 66.4. The summed E-state index contributed by atoms with van der Waals surface area (Å²) in [4.78, 5) is 2.06. The molecule has 0 amide bonds. The van der Waals surface area contributed by atoms with E-state index in [-0.39, 0.29) is 11.1 Å². The maximum absolute atomic E-state index is 14.8. The summed E-state index contributed by atoms with van der Waals surface area (Å²) in [6.07, 6.45) is -2.25. The van der Waals surface area contributed by atoms with Gasteiger partial charge in [0.2, 0.25) is 5.60 Å². The predicted molar refractivity (Wildman–Crippen MR) is 136 cm³/mol. The lowest BCUT2D eigenvalue weighted by atomic mass is 9.85. The molecule has 0 radical (unpaired) electrons. The first-order valence-electron chi connectivity index (χ1n) is 12.1. The molecule has 1 atom stereocenters. The molecule has 1 unspecified atom stereocenters. The summed E-state index contributed by atoms with van der Waals surface area (Å²) in [5, 5.41) is 16.6. The molecule has 1 saturated heterocycles. The Morgan fingerprint density at radius 2 is 1.58 bits per heavy atom. The molecule has 3 heterocycles. The van der Waals surface area contributed by atoms with E-state index in [1.54, 1.807) is 23.7 Å². The lowest BCUT2D eigenvalue weighted by Gasteiger charge is -2.32. The largest absolute Gasteiger partial charge is 0.425 e. The van der Waals surface area contributed by atoms with E-state index in [2.05, 4.69) is 10.00 Å². The number of alkyl halides is 3. The maximum Gasteiger partial charge on any atom is 0.425 e. The fourth-order valence-corrected chi connectivity index (χ4v) is 5.20. The van der Waals surface area contributed by atoms with Crippen molar-refractivity contribution in [3.05, 3.63) is 90.0 Å². The number of morpholine rings is 1. The van der Waals surface area contributed by atoms with Crippen LogP contribution in [0, 0.1) is 5.82 Å². The van der Waals surface area contributed by atoms with Crippen molar-refractivity contribution in [2.45, 2.75) is 11.8 Å². The van der Waals surface area contributed by atoms with E-state index in [9.17, 15) is 22.7 Å². The van der Waals surface area contributed by atoms with Gasteiger partial charge in [0.15, 0.2) is 0 Å². The molecule has 1 aliphatic rings. The van der Waals surface area contributed by atoms with Crippen LogP contribution in [0.4, 0.5) is 23.2 Å². The van der Waals surface area contributed by atoms with E-state index in [1.807, 2.05) is 6.07 Å². The third-order valence-electron chi connectivity index (χ3n) is 7.21. The summed E-state index contributed by atoms with van der Waals surface area (Å²) in [5.41, 5.74) is -1.41. The maximum atomic E-state index is 14.8. The minimum Gasteiger partial charge on any atom is -0.378 e. The highest BCUT2D eigenvalue weighted by molar-refractivity contribution is 5.89. The molecule has 0 aliphatic carbocycles. The molecule has 2 aromatic heterocycles. The van der Waals surface area contributed by atoms with Gasteiger partial charge in [0.1, 0.15) is 5.82 Å². The van der Waals surface area contributed by atoms with E-state index in [1.165, 1.54) is 59.5 Å². The van der Waals surface area contributed by atoms with Crippen LogP contribution >= 0.6 is 0 Å². The average molecular weight is 525 g/mol. The molecule has 196 valence electrons. The molecule has 38 heavy (non-hydrogen) atoms. The number of aliphatic hydroxyl groups is 1. The topological polar surface area (TPSA) is 55.5 Å². The minimum atomic E-state index is -5.02. The Hall–Kier alpha value is -3.89. The first-order valence-corrected chi connectivity index (χ1v) is 12.1. The van der Waals surface area contributed by atoms with Gasteiger partial charge in [-0.3, -0.25) is 0 Å². The summed E-state index contributed by atoms with van der Waals surface area (Å²) >= 11 is 0. The average Bonchev–Trinajstić information content (AvgIpc) is 3.49. The van der Waals surface area contributed by atoms with Gasteiger partial charge >= 0.3 is 6.18 Å². The van der Waals surface area contributed by atoms with Gasteiger partial charge in [0, 0.05) is 53.9 Å². The van der Waals surface area contributed by atoms with E-state index < -0.39 is 17.6 Å². The molecule has 6 rings (SSSR count). The second-order valence-electron chi connectivity index (χ2n) is 9.47. The Kier molecular flexibility index (Phi) is 5.69. The standard InChI is InChI=1S/C28H24F4N4O2/c1-34-17-24(23-15-22(7-9-26(23)34)35-10-12-38-13-11-35)27(37,28(30,31)32)19-2-8-25-18(14-19)16-33-36(25)21-5-3-20(29)4-6-21/h2-9,14-17,37H,10-13H2,1H3. The zero-order valence-corrected chi connectivity index (χ0v) is 20.4. The van der Waals surface area contributed by atoms with E-state index in [4.69, 9.17) is 4.74 Å². The molecule has 0 spiro atoms. The highest BCUT2D eigenvalue weighted by Gasteiger charge is 2.57. The number of rotatable bonds is 4. The van der Waals surface area contributed by atoms with Crippen LogP contribution in [0.1, 0.15) is 11.1 Å². The summed E-state index contributed by atoms with van der Waals surface area (Å²) in [7, 11) is 1.66. The van der Waals surface area contributed by atoms with Gasteiger partial charge in [-0.2, -0.15) is 18.3 Å². The van der Waals surface area contributed by atoms with Crippen LogP contribution in [0.5, 0.6) is 0 Å². The Bertz CT molecular complexity index is 1640. The molecule has 6 nitrogen and oxygen atoms in total. The van der Waals surface area contributed by atoms with Crippen molar-refractivity contribution in [3.8, 4) is 5.69 Å². The highest BCUT2D eigenvalue weighted by atomic mass is 19.4. The third kappa shape index (κ3) is 3.83. The number of hydrogen-bond acceptors (Lipinski definition) is 4. The zero-order valence-electron chi connectivity index (χ0n) is 20.4. The van der Waals surface area contributed by atoms with Crippen LogP contribution in [-0.4, -0.2) is 51.9 Å². The van der Waals surface area contributed by atoms with Crippen molar-refractivity contribution in [3.63, 3.8) is 0 Å². The van der Waals surface area contributed by atoms with Crippen LogP contribution in [0.2, 0.25) is 0 Å². The van der Waals surface area contributed by atoms with Crippen molar-refractivity contribution in [1.29, 1.82) is 0 Å². The van der Waals surface area contributed by atoms with Gasteiger partial charge in [-0.15, -0.1) is 0 Å². The fraction of sp³-hybridized carbons (Fsp3) is 0.250. The number of aromatic nitrogens is 3. The minimum absolute atomic E-state index is 0.247. The SMILES string of the molecule is Cn1cc(C(O)(c2ccc3c(cnn3-c3ccc(F)cc3)c2)C(F)(F)F)c2cc(N3CCOCC3)ccc21. The van der Waals surface area contributed by atoms with Crippen molar-refractivity contribution in [2.75, 3.05) is 31.2 Å². The van der Waals surface area contributed by atoms with Crippen LogP contribution in [0.3, 0.4) is 0 Å². The Labute approximate surface area is 215 Å². The quantitative estimate of drug-likeness (QED) is 0.325. The van der Waals surface area contributed by atoms with Gasteiger partial charge < -0.3 is 19.3 Å². The van der Waals surface area contributed by atoms with Gasteiger partial charge in [0.05, 0.1) is 30.6 Å². The Balaban J connectivity index is 1.50. The molecule has 5 aromatic rings. The fourth-order valence-electron chi connectivity index (χ4n) is 5.20. The molecule has 10 heteroatoms. The van der Waals surface area contributed by atoms with Gasteiger partial charge in [-0.25, -0.2) is 9.07 Å². The van der Waals surface area contributed by atoms with Crippen molar-refractivity contribution >= 4 is 27.5 Å². The summed E-state index contributed by atoms with van der Waals surface area (Å²) in [6.45, 7) is 2.34. The van der Waals surface area contributed by atoms with Gasteiger partial charge in [-0.05, 0) is 60.2 Å². The number of halogens is 4. The number of aryl methyl sites for hydroxylation is 1. The molecular formula is C28H24F4N4O2. The number of nitrogens with zero attached hydrogens (tertiary/aromatic N) is 4. The van der Waals surface area contributed by atoms with E-state index in [0.717, 1.165) is 5.69 Å². The third-order valence-corrected chi connectivity index (χ3v) is 7.21. The van der Waals surface area contributed by atoms with Crippen LogP contribution in [-0.2, 0) is 17.4 Å². The molecule has 1 N–H and O–H groups in total. The second-order valence-corrected chi connectivity index (χ2v) is 9.47. The number of hydrogen-bond donors (Lipinski definition) is 1. The van der Waals surface area contributed by atoms with Crippen molar-refractivity contribution < 1.29 is 27.4 Å². The number of ether oxygens (including phenoxy) is 1. The first-order chi connectivity index (χ1) is 18.2. The lowest BCUT2D eigenvalue weighted by molar-refractivity contribution is -0.247. The highest BCUT2D eigenvalue weighted by Crippen LogP contribution is 2.48. The number of anilines is 1. The molecule has 0 bridgehead atoms. The van der Waals surface area contributed by atoms with Crippen molar-refractivity contribution in [2.24, 2.45) is 7.05 Å². The van der Waals surface area contributed by atoms with E-state index in [0.29, 0.717) is 53.8 Å². The zero-order chi connectivity index (χ0) is 26.7. The normalized spacial score (nSPS) is 16.3. The number of benzene rings is 3. The lowest BCUT2D eigenvalue weighted by Crippen LogP contribution is -2.43. The van der Waals surface area contributed by atoms with Gasteiger partial charge in [0.25, 0.3) is 0 Å². The smallest absolute Gasteiger partial charge is 0.378 e. The first kappa shape index (κ1) is 24.4. The van der Waals surface area contributed by atoms with E-state index >= 15 is 0 Å². The predicted octanol–water partition coefficient (Wildman–Crippen LogP) is 5.29. The molecule has 0 saturated carbocycles. The Morgan fingerprint density at radius 3 is 2.29 bits per heavy atom. The van der Waals surface area contributed by atoms with Gasteiger partial charge in [-0.1, -0.05) is 6.07 Å². The van der Waals surface area contributed by atoms with Crippen LogP contribution in [0.25, 0.3) is 27.5 Å². The molecule has 1 aliphatic heterocycles. The number of fused-ring (bicyclic) bond motifs is 2. The second kappa shape index (κ2) is 8.85. The van der Waals surface area contributed by atoms with Crippen LogP contribution < -0.4 is 4.90 Å².